The van der Waals surface area contributed by atoms with Crippen molar-refractivity contribution < 1.29 is 14.6 Å². The van der Waals surface area contributed by atoms with Gasteiger partial charge in [-0.25, -0.2) is 0 Å². The van der Waals surface area contributed by atoms with Crippen LogP contribution in [0.1, 0.15) is 48.8 Å². The number of esters is 1. The maximum absolute atomic E-state index is 12.1. The van der Waals surface area contributed by atoms with Crippen molar-refractivity contribution in [2.45, 2.75) is 44.3 Å². The number of hydrogen-bond donors (Lipinski definition) is 1. The van der Waals surface area contributed by atoms with Gasteiger partial charge in [0.05, 0.1) is 6.42 Å². The lowest BCUT2D eigenvalue weighted by molar-refractivity contribution is -0.219. The zero-order valence-corrected chi connectivity index (χ0v) is 14.4. The molecular weight excluding hydrogens is 312 g/mol. The van der Waals surface area contributed by atoms with E-state index in [-0.39, 0.29) is 12.4 Å². The Morgan fingerprint density at radius 2 is 1.52 bits per heavy atom. The highest BCUT2D eigenvalue weighted by Gasteiger charge is 2.33. The van der Waals surface area contributed by atoms with E-state index in [1.54, 1.807) is 0 Å². The van der Waals surface area contributed by atoms with E-state index < -0.39 is 5.79 Å². The van der Waals surface area contributed by atoms with Crippen LogP contribution in [0.15, 0.2) is 54.6 Å². The highest BCUT2D eigenvalue weighted by Crippen LogP contribution is 2.29. The maximum Gasteiger partial charge on any atom is 0.312 e. The van der Waals surface area contributed by atoms with Gasteiger partial charge in [-0.2, -0.15) is 0 Å². The summed E-state index contributed by atoms with van der Waals surface area (Å²) in [5, 5.41) is 10.3. The van der Waals surface area contributed by atoms with E-state index in [9.17, 15) is 9.90 Å². The molecule has 1 N–H and O–H groups in total. The van der Waals surface area contributed by atoms with Gasteiger partial charge in [0.25, 0.3) is 0 Å². The summed E-state index contributed by atoms with van der Waals surface area (Å²) in [6.45, 7) is 0. The molecule has 0 bridgehead atoms. The molecule has 0 saturated heterocycles. The molecular formula is C22H24O3. The van der Waals surface area contributed by atoms with E-state index in [0.717, 1.165) is 36.0 Å². The zero-order valence-electron chi connectivity index (χ0n) is 14.4. The van der Waals surface area contributed by atoms with E-state index in [4.69, 9.17) is 4.74 Å². The van der Waals surface area contributed by atoms with Crippen molar-refractivity contribution in [3.63, 3.8) is 0 Å². The number of rotatable bonds is 5. The zero-order chi connectivity index (χ0) is 17.5. The van der Waals surface area contributed by atoms with Crippen molar-refractivity contribution in [3.05, 3.63) is 71.3 Å². The number of carbonyl (C=O) groups is 1. The molecule has 1 fully saturated rings. The molecule has 3 heteroatoms. The fourth-order valence-corrected chi connectivity index (χ4v) is 3.12. The molecule has 0 aliphatic heterocycles. The second-order valence-corrected chi connectivity index (χ2v) is 6.64. The van der Waals surface area contributed by atoms with Gasteiger partial charge in [0.1, 0.15) is 0 Å². The fourth-order valence-electron chi connectivity index (χ4n) is 3.12. The van der Waals surface area contributed by atoms with Crippen molar-refractivity contribution in [2.24, 2.45) is 0 Å². The third-order valence-electron chi connectivity index (χ3n) is 4.53. The van der Waals surface area contributed by atoms with E-state index >= 15 is 0 Å². The maximum atomic E-state index is 12.1. The predicted molar refractivity (Wildman–Crippen MR) is 99.6 cm³/mol. The standard InChI is InChI=1S/C22H24O3/c23-21(25-22(24)15-5-2-6-16-22)17-20-13-11-19(12-14-20)10-9-18-7-3-1-4-8-18/h1,3-4,7-14,24H,2,5-6,15-17H2. The topological polar surface area (TPSA) is 46.5 Å². The van der Waals surface area contributed by atoms with E-state index in [2.05, 4.69) is 18.2 Å². The summed E-state index contributed by atoms with van der Waals surface area (Å²) >= 11 is 0. The van der Waals surface area contributed by atoms with Crippen molar-refractivity contribution >= 4 is 18.1 Å². The van der Waals surface area contributed by atoms with Crippen LogP contribution in [-0.4, -0.2) is 16.9 Å². The fraction of sp³-hybridized carbons (Fsp3) is 0.318. The van der Waals surface area contributed by atoms with Gasteiger partial charge >= 0.3 is 5.97 Å². The molecule has 130 valence electrons. The van der Waals surface area contributed by atoms with Crippen LogP contribution in [0, 0.1) is 0 Å². The van der Waals surface area contributed by atoms with Crippen molar-refractivity contribution in [3.8, 4) is 0 Å². The SMILES string of the molecule is O=C(Cc1ccc(C=Cc2ccccc2)cc1)OC1(O)CCCCC1. The smallest absolute Gasteiger partial charge is 0.312 e. The molecule has 0 unspecified atom stereocenters. The monoisotopic (exact) mass is 336 g/mol. The van der Waals surface area contributed by atoms with Crippen LogP contribution in [0.5, 0.6) is 0 Å². The first-order chi connectivity index (χ1) is 12.1. The van der Waals surface area contributed by atoms with Crippen LogP contribution >= 0.6 is 0 Å². The average Bonchev–Trinajstić information content (AvgIpc) is 2.62. The van der Waals surface area contributed by atoms with Gasteiger partial charge in [-0.3, -0.25) is 4.79 Å². The van der Waals surface area contributed by atoms with Crippen molar-refractivity contribution in [1.82, 2.24) is 0 Å². The summed E-state index contributed by atoms with van der Waals surface area (Å²) in [7, 11) is 0. The van der Waals surface area contributed by atoms with Crippen LogP contribution < -0.4 is 0 Å². The third-order valence-corrected chi connectivity index (χ3v) is 4.53. The number of hydrogen-bond acceptors (Lipinski definition) is 3. The predicted octanol–water partition coefficient (Wildman–Crippen LogP) is 4.60. The molecule has 0 radical (unpaired) electrons. The van der Waals surface area contributed by atoms with Gasteiger partial charge in [0.15, 0.2) is 0 Å². The summed E-state index contributed by atoms with van der Waals surface area (Å²) in [6.07, 6.45) is 8.29. The second kappa shape index (κ2) is 8.13. The minimum absolute atomic E-state index is 0.186. The molecule has 25 heavy (non-hydrogen) atoms. The van der Waals surface area contributed by atoms with Crippen LogP contribution in [0.2, 0.25) is 0 Å². The Kier molecular flexibility index (Phi) is 5.67. The molecule has 1 aliphatic rings. The summed E-state index contributed by atoms with van der Waals surface area (Å²) in [5.74, 6) is -1.62. The largest absolute Gasteiger partial charge is 0.433 e. The Balaban J connectivity index is 1.55. The molecule has 0 aromatic heterocycles. The number of benzene rings is 2. The molecule has 3 nitrogen and oxygen atoms in total. The van der Waals surface area contributed by atoms with Crippen LogP contribution in [-0.2, 0) is 16.0 Å². The molecule has 0 atom stereocenters. The average molecular weight is 336 g/mol. The summed E-state index contributed by atoms with van der Waals surface area (Å²) < 4.78 is 5.32. The number of ether oxygens (including phenoxy) is 1. The summed E-state index contributed by atoms with van der Waals surface area (Å²) in [6, 6.07) is 17.9. The van der Waals surface area contributed by atoms with E-state index in [0.29, 0.717) is 12.8 Å². The van der Waals surface area contributed by atoms with Crippen LogP contribution in [0.25, 0.3) is 12.2 Å². The Morgan fingerprint density at radius 1 is 0.920 bits per heavy atom. The quantitative estimate of drug-likeness (QED) is 0.493. The Labute approximate surface area is 149 Å². The first-order valence-corrected chi connectivity index (χ1v) is 8.89. The van der Waals surface area contributed by atoms with Crippen LogP contribution in [0.3, 0.4) is 0 Å². The second-order valence-electron chi connectivity index (χ2n) is 6.64. The highest BCUT2D eigenvalue weighted by atomic mass is 16.7. The normalized spacial score (nSPS) is 16.7. The third kappa shape index (κ3) is 5.30. The summed E-state index contributed by atoms with van der Waals surface area (Å²) in [4.78, 5) is 12.1. The number of carbonyl (C=O) groups excluding carboxylic acids is 1. The lowest BCUT2D eigenvalue weighted by atomic mass is 9.94. The minimum Gasteiger partial charge on any atom is -0.433 e. The Morgan fingerprint density at radius 3 is 2.16 bits per heavy atom. The molecule has 0 amide bonds. The van der Waals surface area contributed by atoms with Gasteiger partial charge in [-0.05, 0) is 29.5 Å². The Bertz CT molecular complexity index is 711. The molecule has 2 aromatic carbocycles. The van der Waals surface area contributed by atoms with E-state index in [1.807, 2.05) is 48.5 Å². The number of aliphatic hydroxyl groups is 1. The molecule has 1 aliphatic carbocycles. The first-order valence-electron chi connectivity index (χ1n) is 8.89. The first kappa shape index (κ1) is 17.4. The molecule has 2 aromatic rings. The highest BCUT2D eigenvalue weighted by molar-refractivity contribution is 5.74. The molecule has 1 saturated carbocycles. The lowest BCUT2D eigenvalue weighted by Gasteiger charge is -2.31. The molecule has 0 heterocycles. The minimum atomic E-state index is -1.26. The van der Waals surface area contributed by atoms with Gasteiger partial charge in [-0.15, -0.1) is 0 Å². The van der Waals surface area contributed by atoms with Crippen molar-refractivity contribution in [2.75, 3.05) is 0 Å². The Hall–Kier alpha value is -2.39. The molecule has 0 spiro atoms. The lowest BCUT2D eigenvalue weighted by Crippen LogP contribution is -2.37. The van der Waals surface area contributed by atoms with Gasteiger partial charge in [0.2, 0.25) is 5.79 Å². The van der Waals surface area contributed by atoms with Gasteiger partial charge in [-0.1, -0.05) is 73.2 Å². The van der Waals surface area contributed by atoms with Crippen molar-refractivity contribution in [1.29, 1.82) is 0 Å². The van der Waals surface area contributed by atoms with E-state index in [1.165, 1.54) is 0 Å². The van der Waals surface area contributed by atoms with Gasteiger partial charge in [0, 0.05) is 12.8 Å². The van der Waals surface area contributed by atoms with Crippen LogP contribution in [0.4, 0.5) is 0 Å². The summed E-state index contributed by atoms with van der Waals surface area (Å²) in [5.41, 5.74) is 3.11. The van der Waals surface area contributed by atoms with Gasteiger partial charge < -0.3 is 9.84 Å². The molecule has 3 rings (SSSR count).